The van der Waals surface area contributed by atoms with E-state index in [2.05, 4.69) is 32.1 Å². The number of nitrogens with zero attached hydrogens (tertiary/aromatic N) is 5. The summed E-state index contributed by atoms with van der Waals surface area (Å²) in [5, 5.41) is 23.2. The van der Waals surface area contributed by atoms with E-state index in [4.69, 9.17) is 10.5 Å². The van der Waals surface area contributed by atoms with Crippen molar-refractivity contribution >= 4 is 28.8 Å². The number of aliphatic hydroxyl groups excluding tert-OH is 2. The molecule has 5 N–H and O–H groups in total. The normalized spacial score (nSPS) is 22.9. The first-order valence-electron chi connectivity index (χ1n) is 12.1. The summed E-state index contributed by atoms with van der Waals surface area (Å²) in [6.07, 6.45) is -1.30. The van der Waals surface area contributed by atoms with Gasteiger partial charge in [0.25, 0.3) is 11.8 Å². The second-order valence-electron chi connectivity index (χ2n) is 9.13. The quantitative estimate of drug-likeness (QED) is 0.335. The SMILES string of the molecule is CNC(=O)[C@H]1O[C@@H](n2cnc3c(N)nc(C#CCN(C(=O)c4ccc(F)cc4)C4CCC4)nc32)[C@H](O)[C@@H]1O. The minimum absolute atomic E-state index is 0.0344. The number of carbonyl (C=O) groups excluding carboxylic acids is 2. The van der Waals surface area contributed by atoms with Crippen LogP contribution in [-0.2, 0) is 9.53 Å². The van der Waals surface area contributed by atoms with Crippen LogP contribution in [0.4, 0.5) is 10.2 Å². The topological polar surface area (TPSA) is 169 Å². The summed E-state index contributed by atoms with van der Waals surface area (Å²) in [7, 11) is 1.39. The van der Waals surface area contributed by atoms with Gasteiger partial charge < -0.3 is 30.9 Å². The minimum atomic E-state index is -1.47. The number of likely N-dealkylation sites (N-methyl/N-ethyl adjacent to an activating group) is 1. The van der Waals surface area contributed by atoms with Crippen LogP contribution in [0.3, 0.4) is 0 Å². The van der Waals surface area contributed by atoms with Crippen molar-refractivity contribution < 1.29 is 28.9 Å². The zero-order valence-electron chi connectivity index (χ0n) is 20.4. The van der Waals surface area contributed by atoms with Crippen LogP contribution in [0.1, 0.15) is 41.7 Å². The number of benzene rings is 1. The lowest BCUT2D eigenvalue weighted by Crippen LogP contribution is -2.44. The van der Waals surface area contributed by atoms with E-state index in [9.17, 15) is 24.2 Å². The Morgan fingerprint density at radius 3 is 2.63 bits per heavy atom. The van der Waals surface area contributed by atoms with E-state index in [0.29, 0.717) is 5.56 Å². The standard InChI is InChI=1S/C25H26FN7O5/c1-28-23(36)20-18(34)19(35)25(38-20)33-12-29-17-21(27)30-16(31-22(17)33)6-3-11-32(15-4-2-5-15)24(37)13-7-9-14(26)10-8-13/h7-10,12,15,18-20,25,34-35H,2,4-5,11H2,1H3,(H,28,36)(H2,27,30,31)/t18-,19+,20-,25+/m0/s1. The number of hydrogen-bond donors (Lipinski definition) is 4. The third-order valence-electron chi connectivity index (χ3n) is 6.78. The summed E-state index contributed by atoms with van der Waals surface area (Å²) in [4.78, 5) is 39.5. The zero-order valence-corrected chi connectivity index (χ0v) is 20.4. The van der Waals surface area contributed by atoms with Gasteiger partial charge in [-0.05, 0) is 49.4 Å². The first-order valence-corrected chi connectivity index (χ1v) is 12.1. The van der Waals surface area contributed by atoms with Gasteiger partial charge in [-0.3, -0.25) is 14.2 Å². The molecule has 2 fully saturated rings. The third-order valence-corrected chi connectivity index (χ3v) is 6.78. The largest absolute Gasteiger partial charge is 0.387 e. The molecule has 2 aliphatic rings. The van der Waals surface area contributed by atoms with Gasteiger partial charge in [-0.1, -0.05) is 5.92 Å². The van der Waals surface area contributed by atoms with Crippen molar-refractivity contribution in [2.45, 2.75) is 49.8 Å². The Morgan fingerprint density at radius 2 is 1.97 bits per heavy atom. The molecule has 5 rings (SSSR count). The third kappa shape index (κ3) is 4.65. The molecule has 1 aliphatic carbocycles. The summed E-state index contributed by atoms with van der Waals surface area (Å²) < 4.78 is 20.3. The average Bonchev–Trinajstić information content (AvgIpc) is 3.43. The molecule has 38 heavy (non-hydrogen) atoms. The molecule has 2 aromatic heterocycles. The number of anilines is 1. The van der Waals surface area contributed by atoms with Crippen LogP contribution in [0, 0.1) is 17.7 Å². The first kappa shape index (κ1) is 25.5. The molecule has 13 heteroatoms. The van der Waals surface area contributed by atoms with Crippen molar-refractivity contribution in [2.24, 2.45) is 0 Å². The number of hydrogen-bond acceptors (Lipinski definition) is 9. The number of aromatic nitrogens is 4. The Bertz CT molecular complexity index is 1430. The fraction of sp³-hybridized carbons (Fsp3) is 0.400. The molecular formula is C25H26FN7O5. The molecule has 0 bridgehead atoms. The lowest BCUT2D eigenvalue weighted by molar-refractivity contribution is -0.137. The van der Waals surface area contributed by atoms with Crippen molar-refractivity contribution in [1.82, 2.24) is 29.7 Å². The number of nitrogens with two attached hydrogens (primary N) is 1. The lowest BCUT2D eigenvalue weighted by Gasteiger charge is -2.36. The van der Waals surface area contributed by atoms with Gasteiger partial charge in [-0.2, -0.15) is 0 Å². The number of carbonyl (C=O) groups is 2. The summed E-state index contributed by atoms with van der Waals surface area (Å²) in [5.41, 5.74) is 6.86. The number of imidazole rings is 1. The molecule has 2 amide bonds. The molecular weight excluding hydrogens is 497 g/mol. The first-order chi connectivity index (χ1) is 18.3. The maximum absolute atomic E-state index is 13.3. The smallest absolute Gasteiger partial charge is 0.254 e. The fourth-order valence-electron chi connectivity index (χ4n) is 4.46. The van der Waals surface area contributed by atoms with Crippen molar-refractivity contribution in [3.05, 3.63) is 47.8 Å². The zero-order chi connectivity index (χ0) is 27.0. The molecule has 0 radical (unpaired) electrons. The van der Waals surface area contributed by atoms with Crippen LogP contribution in [0.15, 0.2) is 30.6 Å². The van der Waals surface area contributed by atoms with E-state index in [1.165, 1.54) is 42.2 Å². The van der Waals surface area contributed by atoms with Crippen molar-refractivity contribution in [1.29, 1.82) is 0 Å². The summed E-state index contributed by atoms with van der Waals surface area (Å²) >= 11 is 0. The van der Waals surface area contributed by atoms with Gasteiger partial charge in [0.2, 0.25) is 5.82 Å². The van der Waals surface area contributed by atoms with Crippen LogP contribution in [0.25, 0.3) is 11.2 Å². The van der Waals surface area contributed by atoms with Crippen LogP contribution < -0.4 is 11.1 Å². The number of amides is 2. The Balaban J connectivity index is 1.40. The van der Waals surface area contributed by atoms with E-state index in [0.717, 1.165) is 19.3 Å². The number of nitrogen functional groups attached to an aromatic ring is 1. The van der Waals surface area contributed by atoms with Crippen LogP contribution in [-0.4, -0.2) is 84.4 Å². The maximum Gasteiger partial charge on any atom is 0.254 e. The number of ether oxygens (including phenoxy) is 1. The molecule has 1 saturated carbocycles. The summed E-state index contributed by atoms with van der Waals surface area (Å²) in [5.74, 6) is 4.59. The van der Waals surface area contributed by atoms with E-state index in [1.54, 1.807) is 4.90 Å². The van der Waals surface area contributed by atoms with E-state index < -0.39 is 36.3 Å². The molecule has 0 spiro atoms. The Hall–Kier alpha value is -4.12. The fourth-order valence-corrected chi connectivity index (χ4v) is 4.46. The molecule has 4 atom stereocenters. The van der Waals surface area contributed by atoms with Gasteiger partial charge >= 0.3 is 0 Å². The molecule has 1 aromatic carbocycles. The van der Waals surface area contributed by atoms with E-state index >= 15 is 0 Å². The molecule has 12 nitrogen and oxygen atoms in total. The molecule has 1 aliphatic heterocycles. The monoisotopic (exact) mass is 523 g/mol. The summed E-state index contributed by atoms with van der Waals surface area (Å²) in [6, 6.07) is 5.42. The van der Waals surface area contributed by atoms with Gasteiger partial charge in [-0.25, -0.2) is 19.3 Å². The predicted octanol–water partition coefficient (Wildman–Crippen LogP) is -0.0408. The van der Waals surface area contributed by atoms with Crippen molar-refractivity contribution in [3.63, 3.8) is 0 Å². The Kier molecular flexibility index (Phi) is 6.94. The highest BCUT2D eigenvalue weighted by Crippen LogP contribution is 2.32. The highest BCUT2D eigenvalue weighted by Gasteiger charge is 2.47. The highest BCUT2D eigenvalue weighted by molar-refractivity contribution is 5.94. The van der Waals surface area contributed by atoms with Crippen LogP contribution >= 0.6 is 0 Å². The molecule has 3 heterocycles. The minimum Gasteiger partial charge on any atom is -0.387 e. The number of nitrogens with one attached hydrogen (secondary N) is 1. The Morgan fingerprint density at radius 1 is 1.24 bits per heavy atom. The molecule has 0 unspecified atom stereocenters. The van der Waals surface area contributed by atoms with Crippen molar-refractivity contribution in [2.75, 3.05) is 19.3 Å². The second kappa shape index (κ2) is 10.3. The van der Waals surface area contributed by atoms with Gasteiger partial charge in [0.1, 0.15) is 23.5 Å². The van der Waals surface area contributed by atoms with Crippen molar-refractivity contribution in [3.8, 4) is 11.8 Å². The van der Waals surface area contributed by atoms with E-state index in [1.807, 2.05) is 0 Å². The molecule has 1 saturated heterocycles. The van der Waals surface area contributed by atoms with Gasteiger partial charge in [-0.15, -0.1) is 0 Å². The van der Waals surface area contributed by atoms with E-state index in [-0.39, 0.29) is 41.3 Å². The molecule has 198 valence electrons. The summed E-state index contributed by atoms with van der Waals surface area (Å²) in [6.45, 7) is 0.103. The predicted molar refractivity (Wildman–Crippen MR) is 132 cm³/mol. The number of fused-ring (bicyclic) bond motifs is 1. The van der Waals surface area contributed by atoms with Gasteiger partial charge in [0, 0.05) is 18.7 Å². The highest BCUT2D eigenvalue weighted by atomic mass is 19.1. The number of aliphatic hydroxyl groups is 2. The number of rotatable bonds is 5. The number of halogens is 1. The lowest BCUT2D eigenvalue weighted by atomic mass is 9.91. The second-order valence-corrected chi connectivity index (χ2v) is 9.13. The van der Waals surface area contributed by atoms with Crippen LogP contribution in [0.5, 0.6) is 0 Å². The van der Waals surface area contributed by atoms with Gasteiger partial charge in [0.05, 0.1) is 12.9 Å². The van der Waals surface area contributed by atoms with Crippen LogP contribution in [0.2, 0.25) is 0 Å². The maximum atomic E-state index is 13.3. The average molecular weight is 524 g/mol. The van der Waals surface area contributed by atoms with Gasteiger partial charge in [0.15, 0.2) is 23.8 Å². The molecule has 3 aromatic rings. The Labute approximate surface area is 216 Å².